The van der Waals surface area contributed by atoms with Gasteiger partial charge in [0.2, 0.25) is 39.4 Å². The smallest absolute Gasteiger partial charge is 0.290 e. The van der Waals surface area contributed by atoms with Crippen LogP contribution < -0.4 is 26.0 Å². The molecule has 0 radical (unpaired) electrons. The van der Waals surface area contributed by atoms with Crippen molar-refractivity contribution in [3.05, 3.63) is 35.9 Å². The number of carbonyl (C=O) groups is 6. The van der Waals surface area contributed by atoms with E-state index in [0.717, 1.165) is 50.3 Å². The van der Waals surface area contributed by atoms with Crippen molar-refractivity contribution in [2.45, 2.75) is 142 Å². The van der Waals surface area contributed by atoms with Gasteiger partial charge in [0.05, 0.1) is 24.4 Å². The monoisotopic (exact) mass is 786 g/mol. The summed E-state index contributed by atoms with van der Waals surface area (Å²) in [7, 11) is -3.70. The molecule has 1 heterocycles. The lowest BCUT2D eigenvalue weighted by Crippen LogP contribution is -2.63. The maximum atomic E-state index is 14.7. The van der Waals surface area contributed by atoms with Gasteiger partial charge in [0.25, 0.3) is 5.91 Å². The first-order chi connectivity index (χ1) is 25.8. The molecule has 1 aliphatic heterocycles. The number of sulfonamides is 1. The fourth-order valence-corrected chi connectivity index (χ4v) is 9.25. The summed E-state index contributed by atoms with van der Waals surface area (Å²) in [6.45, 7) is 10.8. The fourth-order valence-electron chi connectivity index (χ4n) is 8.50. The van der Waals surface area contributed by atoms with Gasteiger partial charge in [-0.15, -0.1) is 0 Å². The van der Waals surface area contributed by atoms with Gasteiger partial charge in [0.15, 0.2) is 0 Å². The first kappa shape index (κ1) is 43.9. The number of fused-ring (bicyclic) bond motifs is 1. The number of carbonyl (C=O) groups excluding carboxylic acids is 6. The minimum absolute atomic E-state index is 0.0597. The molecule has 0 spiro atoms. The maximum absolute atomic E-state index is 14.7. The Hall–Kier alpha value is -3.85. The van der Waals surface area contributed by atoms with Crippen molar-refractivity contribution in [3.63, 3.8) is 0 Å². The van der Waals surface area contributed by atoms with Crippen LogP contribution in [0.3, 0.4) is 0 Å². The molecule has 55 heavy (non-hydrogen) atoms. The van der Waals surface area contributed by atoms with Crippen LogP contribution in [0.1, 0.15) is 117 Å². The number of benzene rings is 1. The first-order valence-corrected chi connectivity index (χ1v) is 21.8. The first-order valence-electron chi connectivity index (χ1n) is 19.9. The van der Waals surface area contributed by atoms with Gasteiger partial charge in [-0.1, -0.05) is 90.1 Å². The molecule has 2 aliphatic carbocycles. The molecule has 5 N–H and O–H groups in total. The Morgan fingerprint density at radius 1 is 0.836 bits per heavy atom. The molecule has 8 atom stereocenters. The van der Waals surface area contributed by atoms with Crippen molar-refractivity contribution in [2.75, 3.05) is 12.8 Å². The van der Waals surface area contributed by atoms with Crippen molar-refractivity contribution in [2.24, 2.45) is 23.2 Å². The number of Topliss-reactive ketones (excluding diaryl/α,β-unsaturated/α-hetero) is 1. The van der Waals surface area contributed by atoms with Crippen LogP contribution in [0.2, 0.25) is 0 Å². The van der Waals surface area contributed by atoms with E-state index in [1.54, 1.807) is 6.92 Å². The summed E-state index contributed by atoms with van der Waals surface area (Å²) >= 11 is 0. The summed E-state index contributed by atoms with van der Waals surface area (Å²) < 4.78 is 25.9. The Balaban J connectivity index is 1.55. The summed E-state index contributed by atoms with van der Waals surface area (Å²) in [6.07, 6.45) is 8.25. The van der Waals surface area contributed by atoms with Crippen LogP contribution in [0.25, 0.3) is 0 Å². The lowest BCUT2D eigenvalue weighted by Gasteiger charge is -2.38. The van der Waals surface area contributed by atoms with E-state index < -0.39 is 87.0 Å². The van der Waals surface area contributed by atoms with Crippen LogP contribution in [0, 0.1) is 23.2 Å². The molecule has 2 saturated carbocycles. The minimum atomic E-state index is -3.70. The molecule has 0 aromatic heterocycles. The highest BCUT2D eigenvalue weighted by Gasteiger charge is 2.52. The Labute approximate surface area is 326 Å². The predicted octanol–water partition coefficient (Wildman–Crippen LogP) is 2.88. The van der Waals surface area contributed by atoms with Crippen LogP contribution in [0.15, 0.2) is 30.3 Å². The van der Waals surface area contributed by atoms with Gasteiger partial charge >= 0.3 is 0 Å². The van der Waals surface area contributed by atoms with E-state index in [1.807, 2.05) is 58.0 Å². The second-order valence-corrected chi connectivity index (χ2v) is 18.7. The van der Waals surface area contributed by atoms with Crippen molar-refractivity contribution in [3.8, 4) is 0 Å². The third-order valence-electron chi connectivity index (χ3n) is 11.4. The van der Waals surface area contributed by atoms with E-state index in [-0.39, 0.29) is 24.2 Å². The van der Waals surface area contributed by atoms with Crippen molar-refractivity contribution >= 4 is 45.3 Å². The van der Waals surface area contributed by atoms with Crippen LogP contribution in [0.5, 0.6) is 0 Å². The van der Waals surface area contributed by atoms with Gasteiger partial charge in [-0.25, -0.2) is 13.1 Å². The lowest BCUT2D eigenvalue weighted by molar-refractivity contribution is -0.146. The molecule has 306 valence electrons. The quantitative estimate of drug-likeness (QED) is 0.158. The van der Waals surface area contributed by atoms with Gasteiger partial charge in [0.1, 0.15) is 18.1 Å². The molecule has 14 nitrogen and oxygen atoms in total. The summed E-state index contributed by atoms with van der Waals surface area (Å²) in [5, 5.41) is 11.3. The van der Waals surface area contributed by atoms with Crippen LogP contribution in [0.4, 0.5) is 0 Å². The van der Waals surface area contributed by atoms with Gasteiger partial charge in [-0.2, -0.15) is 0 Å². The van der Waals surface area contributed by atoms with Crippen LogP contribution in [-0.2, 0) is 38.8 Å². The Kier molecular flexibility index (Phi) is 15.0. The molecule has 0 unspecified atom stereocenters. The van der Waals surface area contributed by atoms with E-state index in [2.05, 4.69) is 26.0 Å². The number of nitrogens with one attached hydrogen (secondary N) is 5. The minimum Gasteiger partial charge on any atom is -0.344 e. The molecule has 1 saturated heterocycles. The van der Waals surface area contributed by atoms with Gasteiger partial charge in [0, 0.05) is 6.54 Å². The zero-order chi connectivity index (χ0) is 40.7. The molecule has 3 fully saturated rings. The third-order valence-corrected chi connectivity index (χ3v) is 12.2. The largest absolute Gasteiger partial charge is 0.344 e. The molecular weight excluding hydrogens is 725 g/mol. The average molecular weight is 787 g/mol. The Morgan fingerprint density at radius 3 is 2.09 bits per heavy atom. The maximum Gasteiger partial charge on any atom is 0.290 e. The van der Waals surface area contributed by atoms with E-state index in [4.69, 9.17) is 0 Å². The van der Waals surface area contributed by atoms with Crippen LogP contribution in [-0.4, -0.2) is 91.6 Å². The Bertz CT molecular complexity index is 1660. The highest BCUT2D eigenvalue weighted by atomic mass is 32.2. The highest BCUT2D eigenvalue weighted by Crippen LogP contribution is 2.43. The van der Waals surface area contributed by atoms with Crippen LogP contribution >= 0.6 is 0 Å². The number of rotatable bonds is 16. The summed E-state index contributed by atoms with van der Waals surface area (Å²) in [5.74, 6) is -4.01. The van der Waals surface area contributed by atoms with E-state index in [0.29, 0.717) is 25.8 Å². The molecule has 0 bridgehead atoms. The topological polar surface area (TPSA) is 200 Å². The standard InChI is InChI=1S/C40H62N6O8S/c1-8-16-30(33(47)38(51)41-24(2)26-17-11-9-12-18-26)42-37(50)32-29-22-15-21-28(29)23-46(32)39(52)34(40(4,5)6)44-36(49)31(27-19-13-10-14-20-27)43-35(48)25(3)45-55(7,53)54/h9,11-12,17-18,24-25,27-32,34,45H,8,10,13-16,19-23H2,1-7H3,(H,41,51)(H,42,50)(H,43,48)(H,44,49)/t24-,25+,28-,29-,30-,31-,32-,34+/m0/s1. The number of nitrogens with zero attached hydrogens (tertiary/aromatic N) is 1. The SMILES string of the molecule is CCC[C@H](NC(=O)[C@@H]1[C@H]2CCC[C@H]2CN1C(=O)[C@@H](NC(=O)[C@@H](NC(=O)[C@@H](C)NS(C)(=O)=O)C1CCCCC1)C(C)(C)C)C(=O)C(=O)N[C@@H](C)c1ccccc1. The van der Waals surface area contributed by atoms with Crippen molar-refractivity contribution in [1.29, 1.82) is 0 Å². The average Bonchev–Trinajstić information content (AvgIpc) is 3.73. The summed E-state index contributed by atoms with van der Waals surface area (Å²) in [4.78, 5) is 84.6. The second kappa shape index (κ2) is 18.9. The van der Waals surface area contributed by atoms with Gasteiger partial charge < -0.3 is 26.2 Å². The molecular formula is C40H62N6O8S. The summed E-state index contributed by atoms with van der Waals surface area (Å²) in [6, 6.07) is 3.61. The number of amides is 5. The second-order valence-electron chi connectivity index (χ2n) is 16.9. The zero-order valence-corrected chi connectivity index (χ0v) is 34.3. The molecule has 3 aliphatic rings. The number of ketones is 1. The normalized spacial score (nSPS) is 23.0. The van der Waals surface area contributed by atoms with Crippen molar-refractivity contribution < 1.29 is 37.2 Å². The van der Waals surface area contributed by atoms with E-state index in [1.165, 1.54) is 11.8 Å². The molecule has 4 rings (SSSR count). The number of hydrogen-bond acceptors (Lipinski definition) is 8. The third kappa shape index (κ3) is 11.6. The van der Waals surface area contributed by atoms with Gasteiger partial charge in [-0.3, -0.25) is 28.8 Å². The predicted molar refractivity (Wildman–Crippen MR) is 209 cm³/mol. The molecule has 1 aromatic rings. The van der Waals surface area contributed by atoms with Crippen molar-refractivity contribution in [1.82, 2.24) is 30.9 Å². The summed E-state index contributed by atoms with van der Waals surface area (Å²) in [5.41, 5.74) is 0.0185. The van der Waals surface area contributed by atoms with E-state index in [9.17, 15) is 37.2 Å². The Morgan fingerprint density at radius 2 is 1.49 bits per heavy atom. The van der Waals surface area contributed by atoms with E-state index >= 15 is 0 Å². The lowest BCUT2D eigenvalue weighted by atomic mass is 9.82. The molecule has 15 heteroatoms. The number of hydrogen-bond donors (Lipinski definition) is 5. The molecule has 5 amide bonds. The number of likely N-dealkylation sites (tertiary alicyclic amines) is 1. The molecule has 1 aromatic carbocycles. The highest BCUT2D eigenvalue weighted by molar-refractivity contribution is 7.88. The van der Waals surface area contributed by atoms with Gasteiger partial charge in [-0.05, 0) is 74.7 Å². The fraction of sp³-hybridized carbons (Fsp3) is 0.700. The zero-order valence-electron chi connectivity index (χ0n) is 33.5.